The Hall–Kier alpha value is -2.06. The van der Waals surface area contributed by atoms with E-state index in [1.54, 1.807) is 0 Å². The van der Waals surface area contributed by atoms with E-state index in [1.165, 1.54) is 22.7 Å². The quantitative estimate of drug-likeness (QED) is 0.698. The number of fused-ring (bicyclic) bond motifs is 1. The molecular formula is C17H21N7S. The SMILES string of the molecule is Cc1nnc2ccc(N3CC(N(C)Cc4cnc(C5CC5)s4)C3)nn12. The minimum Gasteiger partial charge on any atom is -0.352 e. The highest BCUT2D eigenvalue weighted by Crippen LogP contribution is 2.42. The Bertz CT molecular complexity index is 907. The highest BCUT2D eigenvalue weighted by molar-refractivity contribution is 7.11. The van der Waals surface area contributed by atoms with Gasteiger partial charge >= 0.3 is 0 Å². The molecule has 3 aromatic heterocycles. The van der Waals surface area contributed by atoms with Crippen LogP contribution in [-0.4, -0.2) is 55.9 Å². The molecule has 4 heterocycles. The Balaban J connectivity index is 1.21. The van der Waals surface area contributed by atoms with Gasteiger partial charge in [-0.25, -0.2) is 4.98 Å². The van der Waals surface area contributed by atoms with Gasteiger partial charge in [-0.15, -0.1) is 26.6 Å². The second-order valence-electron chi connectivity index (χ2n) is 7.12. The summed E-state index contributed by atoms with van der Waals surface area (Å²) in [7, 11) is 2.21. The van der Waals surface area contributed by atoms with Crippen LogP contribution in [0, 0.1) is 6.92 Å². The van der Waals surface area contributed by atoms with Gasteiger partial charge < -0.3 is 4.90 Å². The molecule has 2 aliphatic rings. The van der Waals surface area contributed by atoms with Gasteiger partial charge in [0.25, 0.3) is 0 Å². The maximum atomic E-state index is 4.66. The summed E-state index contributed by atoms with van der Waals surface area (Å²) in [6.07, 6.45) is 4.71. The summed E-state index contributed by atoms with van der Waals surface area (Å²) in [6.45, 7) is 4.92. The molecule has 0 aromatic carbocycles. The molecule has 1 aliphatic carbocycles. The van der Waals surface area contributed by atoms with Gasteiger partial charge in [0.2, 0.25) is 0 Å². The third-order valence-electron chi connectivity index (χ3n) is 5.12. The van der Waals surface area contributed by atoms with Crippen LogP contribution in [0.5, 0.6) is 0 Å². The predicted octanol–water partition coefficient (Wildman–Crippen LogP) is 2.09. The van der Waals surface area contributed by atoms with Crippen molar-refractivity contribution in [1.82, 2.24) is 29.7 Å². The molecule has 1 aliphatic heterocycles. The van der Waals surface area contributed by atoms with Gasteiger partial charge in [0.05, 0.1) is 5.01 Å². The molecule has 0 amide bonds. The summed E-state index contributed by atoms with van der Waals surface area (Å²) in [5.74, 6) is 2.57. The van der Waals surface area contributed by atoms with E-state index >= 15 is 0 Å². The van der Waals surface area contributed by atoms with Gasteiger partial charge in [-0.05, 0) is 38.9 Å². The van der Waals surface area contributed by atoms with Crippen LogP contribution in [-0.2, 0) is 6.54 Å². The van der Waals surface area contributed by atoms with Crippen LogP contribution in [0.25, 0.3) is 5.65 Å². The van der Waals surface area contributed by atoms with Crippen LogP contribution in [0.4, 0.5) is 5.82 Å². The zero-order valence-corrected chi connectivity index (χ0v) is 15.3. The average Bonchev–Trinajstić information content (AvgIpc) is 3.21. The molecule has 7 nitrogen and oxygen atoms in total. The molecule has 0 spiro atoms. The van der Waals surface area contributed by atoms with Gasteiger partial charge in [0.1, 0.15) is 5.82 Å². The maximum absolute atomic E-state index is 4.66. The van der Waals surface area contributed by atoms with E-state index in [9.17, 15) is 0 Å². The zero-order chi connectivity index (χ0) is 17.0. The molecule has 8 heteroatoms. The molecule has 3 aromatic rings. The van der Waals surface area contributed by atoms with Crippen molar-refractivity contribution in [2.24, 2.45) is 0 Å². The van der Waals surface area contributed by atoms with Crippen LogP contribution in [0.3, 0.4) is 0 Å². The first-order valence-corrected chi connectivity index (χ1v) is 9.58. The Labute approximate surface area is 150 Å². The Morgan fingerprint density at radius 3 is 2.88 bits per heavy atom. The van der Waals surface area contributed by atoms with Crippen molar-refractivity contribution >= 4 is 22.8 Å². The fourth-order valence-electron chi connectivity index (χ4n) is 3.27. The minimum atomic E-state index is 0.561. The van der Waals surface area contributed by atoms with Crippen LogP contribution in [0.2, 0.25) is 0 Å². The number of nitrogens with zero attached hydrogens (tertiary/aromatic N) is 7. The average molecular weight is 355 g/mol. The van der Waals surface area contributed by atoms with Crippen LogP contribution in [0.15, 0.2) is 18.3 Å². The number of likely N-dealkylation sites (N-methyl/N-ethyl adjacent to an activating group) is 1. The summed E-state index contributed by atoms with van der Waals surface area (Å²) in [5, 5.41) is 14.1. The lowest BCUT2D eigenvalue weighted by molar-refractivity contribution is 0.198. The molecule has 25 heavy (non-hydrogen) atoms. The zero-order valence-electron chi connectivity index (χ0n) is 14.5. The molecule has 5 rings (SSSR count). The third kappa shape index (κ3) is 2.79. The van der Waals surface area contributed by atoms with E-state index in [1.807, 2.05) is 34.9 Å². The number of aryl methyl sites for hydroxylation is 1. The largest absolute Gasteiger partial charge is 0.352 e. The normalized spacial score (nSPS) is 18.3. The lowest BCUT2D eigenvalue weighted by Gasteiger charge is -2.44. The van der Waals surface area contributed by atoms with Crippen LogP contribution >= 0.6 is 11.3 Å². The van der Waals surface area contributed by atoms with E-state index in [0.29, 0.717) is 6.04 Å². The van der Waals surface area contributed by atoms with E-state index in [4.69, 9.17) is 0 Å². The number of hydrogen-bond acceptors (Lipinski definition) is 7. The first kappa shape index (κ1) is 15.2. The summed E-state index contributed by atoms with van der Waals surface area (Å²) in [6, 6.07) is 4.58. The lowest BCUT2D eigenvalue weighted by atomic mass is 10.1. The van der Waals surface area contributed by atoms with Crippen molar-refractivity contribution < 1.29 is 0 Å². The van der Waals surface area contributed by atoms with Gasteiger partial charge in [-0.1, -0.05) is 0 Å². The van der Waals surface area contributed by atoms with Crippen molar-refractivity contribution in [1.29, 1.82) is 0 Å². The van der Waals surface area contributed by atoms with Gasteiger partial charge in [-0.2, -0.15) is 4.52 Å². The molecule has 1 saturated heterocycles. The molecule has 0 radical (unpaired) electrons. The molecule has 0 atom stereocenters. The Morgan fingerprint density at radius 1 is 1.24 bits per heavy atom. The summed E-state index contributed by atoms with van der Waals surface area (Å²) in [5.41, 5.74) is 0.798. The van der Waals surface area contributed by atoms with E-state index in [0.717, 1.165) is 42.8 Å². The fourth-order valence-corrected chi connectivity index (χ4v) is 4.42. The van der Waals surface area contributed by atoms with Crippen molar-refractivity contribution in [3.8, 4) is 0 Å². The minimum absolute atomic E-state index is 0.561. The molecular weight excluding hydrogens is 334 g/mol. The topological polar surface area (TPSA) is 62.5 Å². The van der Waals surface area contributed by atoms with E-state index in [2.05, 4.69) is 43.3 Å². The third-order valence-corrected chi connectivity index (χ3v) is 6.26. The van der Waals surface area contributed by atoms with Crippen molar-refractivity contribution in [2.75, 3.05) is 25.0 Å². The number of thiazole rings is 1. The standard InChI is InChI=1S/C17H21N7S/c1-11-19-20-15-5-6-16(21-24(11)15)23-8-13(9-23)22(2)10-14-7-18-17(25-14)12-3-4-12/h5-7,12-13H,3-4,8-10H2,1-2H3. The van der Waals surface area contributed by atoms with Gasteiger partial charge in [0.15, 0.2) is 11.5 Å². The number of hydrogen-bond donors (Lipinski definition) is 0. The smallest absolute Gasteiger partial charge is 0.178 e. The Morgan fingerprint density at radius 2 is 2.08 bits per heavy atom. The van der Waals surface area contributed by atoms with E-state index in [-0.39, 0.29) is 0 Å². The molecule has 130 valence electrons. The maximum Gasteiger partial charge on any atom is 0.178 e. The summed E-state index contributed by atoms with van der Waals surface area (Å²) in [4.78, 5) is 10.7. The molecule has 0 N–H and O–H groups in total. The highest BCUT2D eigenvalue weighted by atomic mass is 32.1. The van der Waals surface area contributed by atoms with Crippen molar-refractivity contribution in [3.05, 3.63) is 34.0 Å². The lowest BCUT2D eigenvalue weighted by Crippen LogP contribution is -2.58. The van der Waals surface area contributed by atoms with Gasteiger partial charge in [-0.3, -0.25) is 4.90 Å². The number of rotatable bonds is 5. The second-order valence-corrected chi connectivity index (χ2v) is 8.27. The first-order valence-electron chi connectivity index (χ1n) is 8.76. The summed E-state index contributed by atoms with van der Waals surface area (Å²) < 4.78 is 1.81. The molecule has 0 unspecified atom stereocenters. The predicted molar refractivity (Wildman–Crippen MR) is 97.1 cm³/mol. The number of aromatic nitrogens is 5. The monoisotopic (exact) mass is 355 g/mol. The Kier molecular flexibility index (Phi) is 3.49. The van der Waals surface area contributed by atoms with Crippen LogP contribution in [0.1, 0.15) is 34.5 Å². The van der Waals surface area contributed by atoms with Crippen molar-refractivity contribution in [2.45, 2.75) is 38.3 Å². The first-order chi connectivity index (χ1) is 12.2. The van der Waals surface area contributed by atoms with Crippen molar-refractivity contribution in [3.63, 3.8) is 0 Å². The fraction of sp³-hybridized carbons (Fsp3) is 0.529. The number of anilines is 1. The molecule has 2 fully saturated rings. The van der Waals surface area contributed by atoms with E-state index < -0.39 is 0 Å². The second kappa shape index (κ2) is 5.74. The molecule has 0 bridgehead atoms. The summed E-state index contributed by atoms with van der Waals surface area (Å²) >= 11 is 1.89. The highest BCUT2D eigenvalue weighted by Gasteiger charge is 2.32. The molecule has 1 saturated carbocycles. The van der Waals surface area contributed by atoms with Gasteiger partial charge in [0, 0.05) is 42.7 Å². The van der Waals surface area contributed by atoms with Crippen LogP contribution < -0.4 is 4.90 Å².